The lowest BCUT2D eigenvalue weighted by Gasteiger charge is -2.00. The molecule has 0 unspecified atom stereocenters. The van der Waals surface area contributed by atoms with Crippen LogP contribution in [0.3, 0.4) is 0 Å². The third-order valence-corrected chi connectivity index (χ3v) is 2.74. The first-order valence-electron chi connectivity index (χ1n) is 6.22. The van der Waals surface area contributed by atoms with Gasteiger partial charge in [0.1, 0.15) is 0 Å². The van der Waals surface area contributed by atoms with Gasteiger partial charge in [-0.05, 0) is 18.1 Å². The first-order valence-corrected chi connectivity index (χ1v) is 6.22. The van der Waals surface area contributed by atoms with Gasteiger partial charge in [0, 0.05) is 31.4 Å². The lowest BCUT2D eigenvalue weighted by molar-refractivity contribution is -0.121. The van der Waals surface area contributed by atoms with Gasteiger partial charge in [-0.15, -0.1) is 0 Å². The maximum Gasteiger partial charge on any atom is 0.240 e. The number of nitrogens with one attached hydrogen (secondary N) is 1. The number of aryl methyl sites for hydroxylation is 2. The Morgan fingerprint density at radius 2 is 2.11 bits per heavy atom. The van der Waals surface area contributed by atoms with E-state index < -0.39 is 0 Å². The van der Waals surface area contributed by atoms with Crippen LogP contribution < -0.4 is 5.43 Å². The Kier molecular flexibility index (Phi) is 4.50. The van der Waals surface area contributed by atoms with Crippen molar-refractivity contribution in [3.8, 4) is 0 Å². The minimum absolute atomic E-state index is 0.0731. The number of hydrogen-bond donors (Lipinski definition) is 1. The summed E-state index contributed by atoms with van der Waals surface area (Å²) in [5.74, 6) is -0.0731. The molecule has 1 aromatic heterocycles. The van der Waals surface area contributed by atoms with Crippen LogP contribution in [0.25, 0.3) is 0 Å². The van der Waals surface area contributed by atoms with Gasteiger partial charge >= 0.3 is 0 Å². The topological polar surface area (TPSA) is 46.4 Å². The van der Waals surface area contributed by atoms with Crippen molar-refractivity contribution in [3.63, 3.8) is 0 Å². The van der Waals surface area contributed by atoms with Gasteiger partial charge in [0.15, 0.2) is 0 Å². The van der Waals surface area contributed by atoms with E-state index in [9.17, 15) is 4.79 Å². The largest absolute Gasteiger partial charge is 0.357 e. The first-order chi connectivity index (χ1) is 9.24. The summed E-state index contributed by atoms with van der Waals surface area (Å²) in [6.07, 6.45) is 6.67. The molecule has 0 aliphatic rings. The molecule has 0 fully saturated rings. The maximum absolute atomic E-state index is 11.6. The number of hydrazone groups is 1. The van der Waals surface area contributed by atoms with Crippen LogP contribution >= 0.6 is 0 Å². The van der Waals surface area contributed by atoms with Crippen LogP contribution in [0.2, 0.25) is 0 Å². The summed E-state index contributed by atoms with van der Waals surface area (Å²) in [7, 11) is 1.94. The molecule has 98 valence electrons. The van der Waals surface area contributed by atoms with Crippen molar-refractivity contribution in [2.24, 2.45) is 12.1 Å². The van der Waals surface area contributed by atoms with E-state index >= 15 is 0 Å². The number of carbonyl (C=O) groups is 1. The Hall–Kier alpha value is -2.36. The van der Waals surface area contributed by atoms with Gasteiger partial charge in [0.25, 0.3) is 0 Å². The molecule has 1 aromatic carbocycles. The van der Waals surface area contributed by atoms with Gasteiger partial charge in [-0.3, -0.25) is 4.79 Å². The summed E-state index contributed by atoms with van der Waals surface area (Å²) in [5, 5.41) is 3.93. The second-order valence-corrected chi connectivity index (χ2v) is 4.39. The fourth-order valence-electron chi connectivity index (χ4n) is 1.74. The summed E-state index contributed by atoms with van der Waals surface area (Å²) in [4.78, 5) is 11.6. The Balaban J connectivity index is 1.74. The van der Waals surface area contributed by atoms with Gasteiger partial charge in [0.05, 0.1) is 6.21 Å². The number of amides is 1. The number of hydrogen-bond acceptors (Lipinski definition) is 2. The highest BCUT2D eigenvalue weighted by atomic mass is 16.2. The highest BCUT2D eigenvalue weighted by Gasteiger charge is 2.00. The van der Waals surface area contributed by atoms with Crippen molar-refractivity contribution < 1.29 is 4.79 Å². The predicted molar refractivity (Wildman–Crippen MR) is 75.9 cm³/mol. The van der Waals surface area contributed by atoms with E-state index in [1.54, 1.807) is 6.21 Å². The average molecular weight is 255 g/mol. The molecule has 0 aliphatic carbocycles. The molecule has 0 aliphatic heterocycles. The van der Waals surface area contributed by atoms with Crippen LogP contribution in [0.4, 0.5) is 0 Å². The number of nitrogens with zero attached hydrogens (tertiary/aromatic N) is 2. The fourth-order valence-corrected chi connectivity index (χ4v) is 1.74. The average Bonchev–Trinajstić information content (AvgIpc) is 2.83. The van der Waals surface area contributed by atoms with E-state index in [1.807, 2.05) is 60.4 Å². The number of carbonyl (C=O) groups excluding carboxylic acids is 1. The molecule has 0 bridgehead atoms. The molecule has 0 saturated carbocycles. The third kappa shape index (κ3) is 4.43. The minimum Gasteiger partial charge on any atom is -0.357 e. The molecule has 19 heavy (non-hydrogen) atoms. The third-order valence-electron chi connectivity index (χ3n) is 2.74. The summed E-state index contributed by atoms with van der Waals surface area (Å²) in [6.45, 7) is 0. The van der Waals surface area contributed by atoms with Crippen LogP contribution in [0.1, 0.15) is 17.5 Å². The van der Waals surface area contributed by atoms with Gasteiger partial charge < -0.3 is 4.57 Å². The molecule has 1 amide bonds. The SMILES string of the molecule is Cn1ccc(/C=N/NC(=O)CCc2ccccc2)c1. The van der Waals surface area contributed by atoms with Crippen LogP contribution in [0, 0.1) is 0 Å². The van der Waals surface area contributed by atoms with Crippen molar-refractivity contribution >= 4 is 12.1 Å². The number of rotatable bonds is 5. The van der Waals surface area contributed by atoms with Crippen LogP contribution in [-0.4, -0.2) is 16.7 Å². The van der Waals surface area contributed by atoms with E-state index in [-0.39, 0.29) is 5.91 Å². The molecule has 4 nitrogen and oxygen atoms in total. The normalized spacial score (nSPS) is 10.8. The summed E-state index contributed by atoms with van der Waals surface area (Å²) in [5.41, 5.74) is 4.65. The van der Waals surface area contributed by atoms with E-state index in [0.29, 0.717) is 6.42 Å². The molecular weight excluding hydrogens is 238 g/mol. The monoisotopic (exact) mass is 255 g/mol. The van der Waals surface area contributed by atoms with Gasteiger partial charge in [-0.2, -0.15) is 5.10 Å². The second kappa shape index (κ2) is 6.54. The Morgan fingerprint density at radius 3 is 2.79 bits per heavy atom. The van der Waals surface area contributed by atoms with Crippen molar-refractivity contribution in [2.75, 3.05) is 0 Å². The van der Waals surface area contributed by atoms with E-state index in [0.717, 1.165) is 17.5 Å². The van der Waals surface area contributed by atoms with E-state index in [4.69, 9.17) is 0 Å². The zero-order chi connectivity index (χ0) is 13.5. The molecule has 0 radical (unpaired) electrons. The minimum atomic E-state index is -0.0731. The molecular formula is C15H17N3O. The van der Waals surface area contributed by atoms with Crippen molar-refractivity contribution in [1.29, 1.82) is 0 Å². The summed E-state index contributed by atoms with van der Waals surface area (Å²) < 4.78 is 1.93. The molecule has 2 aromatic rings. The van der Waals surface area contributed by atoms with Gasteiger partial charge in [-0.1, -0.05) is 30.3 Å². The van der Waals surface area contributed by atoms with E-state index in [2.05, 4.69) is 10.5 Å². The molecule has 0 saturated heterocycles. The summed E-state index contributed by atoms with van der Waals surface area (Å²) in [6, 6.07) is 11.9. The number of benzene rings is 1. The zero-order valence-corrected chi connectivity index (χ0v) is 10.9. The maximum atomic E-state index is 11.6. The standard InChI is InChI=1S/C15H17N3O/c1-18-10-9-14(12-18)11-16-17-15(19)8-7-13-5-3-2-4-6-13/h2-6,9-12H,7-8H2,1H3,(H,17,19)/b16-11+. The lowest BCUT2D eigenvalue weighted by atomic mass is 10.1. The summed E-state index contributed by atoms with van der Waals surface area (Å²) >= 11 is 0. The lowest BCUT2D eigenvalue weighted by Crippen LogP contribution is -2.17. The van der Waals surface area contributed by atoms with Crippen LogP contribution in [0.5, 0.6) is 0 Å². The molecule has 0 atom stereocenters. The highest BCUT2D eigenvalue weighted by Crippen LogP contribution is 2.02. The Labute approximate surface area is 112 Å². The fraction of sp³-hybridized carbons (Fsp3) is 0.200. The smallest absolute Gasteiger partial charge is 0.240 e. The molecule has 1 N–H and O–H groups in total. The molecule has 0 spiro atoms. The highest BCUT2D eigenvalue weighted by molar-refractivity contribution is 5.82. The quantitative estimate of drug-likeness (QED) is 0.645. The number of aromatic nitrogens is 1. The van der Waals surface area contributed by atoms with Crippen molar-refractivity contribution in [3.05, 3.63) is 59.9 Å². The zero-order valence-electron chi connectivity index (χ0n) is 10.9. The Bertz CT molecular complexity index is 558. The Morgan fingerprint density at radius 1 is 1.32 bits per heavy atom. The van der Waals surface area contributed by atoms with Crippen LogP contribution in [0.15, 0.2) is 53.9 Å². The van der Waals surface area contributed by atoms with Gasteiger partial charge in [0.2, 0.25) is 5.91 Å². The van der Waals surface area contributed by atoms with Crippen LogP contribution in [-0.2, 0) is 18.3 Å². The molecule has 4 heteroatoms. The van der Waals surface area contributed by atoms with Crippen molar-refractivity contribution in [2.45, 2.75) is 12.8 Å². The predicted octanol–water partition coefficient (Wildman–Crippen LogP) is 2.11. The molecule has 2 rings (SSSR count). The van der Waals surface area contributed by atoms with Gasteiger partial charge in [-0.25, -0.2) is 5.43 Å². The first kappa shape index (κ1) is 13.1. The molecule has 1 heterocycles. The van der Waals surface area contributed by atoms with E-state index in [1.165, 1.54) is 0 Å². The second-order valence-electron chi connectivity index (χ2n) is 4.39. The van der Waals surface area contributed by atoms with Crippen molar-refractivity contribution in [1.82, 2.24) is 9.99 Å².